The number of nitrogens with zero attached hydrogens (tertiary/aromatic N) is 3. The van der Waals surface area contributed by atoms with Crippen molar-refractivity contribution in [1.29, 1.82) is 0 Å². The first-order valence-corrected chi connectivity index (χ1v) is 9.33. The molecule has 2 aromatic rings. The van der Waals surface area contributed by atoms with Crippen molar-refractivity contribution in [3.05, 3.63) is 35.2 Å². The third-order valence-corrected chi connectivity index (χ3v) is 4.16. The largest absolute Gasteiger partial charge is 0.354 e. The molecule has 2 heterocycles. The fourth-order valence-corrected chi connectivity index (χ4v) is 2.97. The van der Waals surface area contributed by atoms with E-state index in [0.717, 1.165) is 0 Å². The summed E-state index contributed by atoms with van der Waals surface area (Å²) in [6, 6.07) is 5.27. The Morgan fingerprint density at radius 2 is 2.04 bits per heavy atom. The average molecular weight is 394 g/mol. The lowest BCUT2D eigenvalue weighted by molar-refractivity contribution is -0.122. The first kappa shape index (κ1) is 21.2. The number of likely N-dealkylation sites (N-methyl/N-ethyl adjacent to an activating group) is 1. The zero-order chi connectivity index (χ0) is 20.2. The lowest BCUT2D eigenvalue weighted by Crippen LogP contribution is -2.45. The highest BCUT2D eigenvalue weighted by Gasteiger charge is 2.20. The van der Waals surface area contributed by atoms with Crippen LogP contribution in [0.3, 0.4) is 0 Å². The number of halogens is 1. The molecule has 0 fully saturated rings. The maximum absolute atomic E-state index is 12.6. The number of carbonyl (C=O) groups is 2. The molecular formula is C19H28ClN5O2. The number of fused-ring (bicyclic) bond motifs is 1. The summed E-state index contributed by atoms with van der Waals surface area (Å²) in [6.45, 7) is 9.52. The van der Waals surface area contributed by atoms with Crippen molar-refractivity contribution in [1.82, 2.24) is 24.9 Å². The number of carbonyl (C=O) groups excluding carboxylic acids is 2. The molecule has 2 N–H and O–H groups in total. The van der Waals surface area contributed by atoms with Crippen LogP contribution >= 0.6 is 11.6 Å². The van der Waals surface area contributed by atoms with Gasteiger partial charge in [-0.25, -0.2) is 4.98 Å². The molecule has 0 radical (unpaired) electrons. The van der Waals surface area contributed by atoms with Gasteiger partial charge in [-0.05, 0) is 31.5 Å². The summed E-state index contributed by atoms with van der Waals surface area (Å²) in [4.78, 5) is 30.7. The smallest absolute Gasteiger partial charge is 0.271 e. The fraction of sp³-hybridized carbons (Fsp3) is 0.526. The molecule has 0 saturated carbocycles. The lowest BCUT2D eigenvalue weighted by atomic mass is 9.97. The summed E-state index contributed by atoms with van der Waals surface area (Å²) in [5.41, 5.74) is 0.973. The number of hydrogen-bond acceptors (Lipinski definition) is 4. The van der Waals surface area contributed by atoms with E-state index in [1.165, 1.54) is 0 Å². The Balaban J connectivity index is 1.89. The van der Waals surface area contributed by atoms with Crippen molar-refractivity contribution >= 4 is 29.1 Å². The van der Waals surface area contributed by atoms with E-state index < -0.39 is 0 Å². The summed E-state index contributed by atoms with van der Waals surface area (Å²) < 4.78 is 1.66. The summed E-state index contributed by atoms with van der Waals surface area (Å²) >= 11 is 6.14. The second-order valence-electron chi connectivity index (χ2n) is 8.09. The van der Waals surface area contributed by atoms with Crippen LogP contribution in [0.25, 0.3) is 5.65 Å². The van der Waals surface area contributed by atoms with Crippen LogP contribution in [0.1, 0.15) is 38.2 Å². The van der Waals surface area contributed by atoms with E-state index in [1.807, 2.05) is 31.0 Å². The van der Waals surface area contributed by atoms with E-state index in [1.54, 1.807) is 16.7 Å². The van der Waals surface area contributed by atoms with Crippen LogP contribution in [0.15, 0.2) is 24.4 Å². The van der Waals surface area contributed by atoms with Crippen LogP contribution < -0.4 is 10.6 Å². The molecule has 8 heteroatoms. The van der Waals surface area contributed by atoms with Gasteiger partial charge in [-0.1, -0.05) is 38.4 Å². The molecule has 27 heavy (non-hydrogen) atoms. The number of hydrogen-bond donors (Lipinski definition) is 2. The number of imidazole rings is 1. The maximum atomic E-state index is 12.6. The molecule has 0 bridgehead atoms. The van der Waals surface area contributed by atoms with Gasteiger partial charge in [-0.15, -0.1) is 0 Å². The highest BCUT2D eigenvalue weighted by atomic mass is 35.5. The summed E-state index contributed by atoms with van der Waals surface area (Å²) in [5.74, 6) is -0.326. The van der Waals surface area contributed by atoms with Gasteiger partial charge in [0.25, 0.3) is 5.91 Å². The molecule has 2 aromatic heterocycles. The van der Waals surface area contributed by atoms with Gasteiger partial charge in [0.15, 0.2) is 10.8 Å². The molecule has 0 aromatic carbocycles. The van der Waals surface area contributed by atoms with Crippen LogP contribution in [0.5, 0.6) is 0 Å². The first-order chi connectivity index (χ1) is 12.6. The van der Waals surface area contributed by atoms with Gasteiger partial charge in [-0.2, -0.15) is 0 Å². The minimum atomic E-state index is -0.295. The van der Waals surface area contributed by atoms with Crippen molar-refractivity contribution < 1.29 is 9.59 Å². The van der Waals surface area contributed by atoms with Gasteiger partial charge in [0.1, 0.15) is 5.65 Å². The van der Waals surface area contributed by atoms with E-state index in [9.17, 15) is 9.59 Å². The first-order valence-electron chi connectivity index (χ1n) is 8.95. The Kier molecular flexibility index (Phi) is 6.84. The summed E-state index contributed by atoms with van der Waals surface area (Å²) in [5, 5.41) is 6.01. The summed E-state index contributed by atoms with van der Waals surface area (Å²) in [7, 11) is 1.85. The second-order valence-corrected chi connectivity index (χ2v) is 8.45. The monoisotopic (exact) mass is 393 g/mol. The van der Waals surface area contributed by atoms with Crippen molar-refractivity contribution in [2.75, 3.05) is 26.7 Å². The van der Waals surface area contributed by atoms with Crippen molar-refractivity contribution in [3.63, 3.8) is 0 Å². The van der Waals surface area contributed by atoms with Gasteiger partial charge in [0.2, 0.25) is 5.91 Å². The van der Waals surface area contributed by atoms with E-state index in [2.05, 4.69) is 36.4 Å². The Hall–Kier alpha value is -2.12. The quantitative estimate of drug-likeness (QED) is 0.755. The van der Waals surface area contributed by atoms with Gasteiger partial charge in [0, 0.05) is 25.3 Å². The zero-order valence-corrected chi connectivity index (χ0v) is 17.3. The average Bonchev–Trinajstić information content (AvgIpc) is 2.87. The minimum absolute atomic E-state index is 0.0317. The van der Waals surface area contributed by atoms with E-state index in [-0.39, 0.29) is 35.0 Å². The fourth-order valence-electron chi connectivity index (χ4n) is 2.70. The highest BCUT2D eigenvalue weighted by molar-refractivity contribution is 6.32. The molecule has 0 spiro atoms. The molecule has 2 amide bonds. The Labute approximate surface area is 165 Å². The third-order valence-electron chi connectivity index (χ3n) is 3.89. The maximum Gasteiger partial charge on any atom is 0.271 e. The Morgan fingerprint density at radius 3 is 2.70 bits per heavy atom. The topological polar surface area (TPSA) is 78.7 Å². The predicted octanol–water partition coefficient (Wildman–Crippen LogP) is 2.20. The number of rotatable bonds is 7. The minimum Gasteiger partial charge on any atom is -0.354 e. The highest BCUT2D eigenvalue weighted by Crippen LogP contribution is 2.17. The third kappa shape index (κ3) is 6.22. The normalized spacial score (nSPS) is 13.0. The lowest BCUT2D eigenvalue weighted by Gasteiger charge is -2.23. The van der Waals surface area contributed by atoms with Gasteiger partial charge in [-0.3, -0.25) is 18.9 Å². The van der Waals surface area contributed by atoms with Gasteiger partial charge in [0.05, 0.1) is 6.54 Å². The van der Waals surface area contributed by atoms with Crippen molar-refractivity contribution in [3.8, 4) is 0 Å². The molecule has 7 nitrogen and oxygen atoms in total. The van der Waals surface area contributed by atoms with Crippen molar-refractivity contribution in [2.45, 2.75) is 33.7 Å². The predicted molar refractivity (Wildman–Crippen MR) is 107 cm³/mol. The van der Waals surface area contributed by atoms with E-state index in [4.69, 9.17) is 11.6 Å². The van der Waals surface area contributed by atoms with Crippen LogP contribution in [-0.2, 0) is 4.79 Å². The molecule has 1 atom stereocenters. The molecule has 148 valence electrons. The zero-order valence-electron chi connectivity index (χ0n) is 16.5. The Bertz CT molecular complexity index is 812. The standard InChI is InChI=1S/C19H28ClN5O2/c1-13(10-24(5)11-15(26)21-12-19(2,3)4)22-18(27)16-17(20)23-14-8-6-7-9-25(14)16/h6-9,13H,10-12H2,1-5H3,(H,21,26)(H,22,27). The van der Waals surface area contributed by atoms with Gasteiger partial charge < -0.3 is 10.6 Å². The number of aromatic nitrogens is 2. The van der Waals surface area contributed by atoms with Crippen LogP contribution in [0.4, 0.5) is 0 Å². The molecule has 0 saturated heterocycles. The van der Waals surface area contributed by atoms with Crippen LogP contribution in [0.2, 0.25) is 5.15 Å². The molecule has 2 rings (SSSR count). The molecular weight excluding hydrogens is 366 g/mol. The number of amides is 2. The Morgan fingerprint density at radius 1 is 1.33 bits per heavy atom. The molecule has 0 aliphatic carbocycles. The summed E-state index contributed by atoms with van der Waals surface area (Å²) in [6.07, 6.45) is 1.75. The van der Waals surface area contributed by atoms with Crippen molar-refractivity contribution in [2.24, 2.45) is 5.41 Å². The van der Waals surface area contributed by atoms with Crippen LogP contribution in [0, 0.1) is 5.41 Å². The van der Waals surface area contributed by atoms with E-state index in [0.29, 0.717) is 24.4 Å². The van der Waals surface area contributed by atoms with E-state index >= 15 is 0 Å². The SMILES string of the molecule is CC(CN(C)CC(=O)NCC(C)(C)C)NC(=O)c1c(Cl)nc2ccccn12. The number of nitrogens with one attached hydrogen (secondary N) is 2. The molecule has 0 aliphatic rings. The molecule has 1 unspecified atom stereocenters. The molecule has 0 aliphatic heterocycles. The van der Waals surface area contributed by atoms with Gasteiger partial charge >= 0.3 is 0 Å². The van der Waals surface area contributed by atoms with Crippen LogP contribution in [-0.4, -0.2) is 58.8 Å². The number of pyridine rings is 1. The second kappa shape index (κ2) is 8.71.